The molecule has 42 valence electrons. The summed E-state index contributed by atoms with van der Waals surface area (Å²) in [7, 11) is 0. The Morgan fingerprint density at radius 1 is 1.71 bits per heavy atom. The van der Waals surface area contributed by atoms with Crippen molar-refractivity contribution < 1.29 is 4.74 Å². The molecule has 1 aliphatic rings. The molecular weight excluding hydrogens is 90.1 g/mol. The topological polar surface area (TPSA) is 35.2 Å². The molecule has 1 aliphatic heterocycles. The Labute approximate surface area is 43.6 Å². The van der Waals surface area contributed by atoms with Gasteiger partial charge < -0.3 is 10.5 Å². The summed E-state index contributed by atoms with van der Waals surface area (Å²) in [5.74, 6) is 0.653. The second kappa shape index (κ2) is 2.28. The first kappa shape index (κ1) is 5.06. The Kier molecular flexibility index (Phi) is 1.65. The van der Waals surface area contributed by atoms with Crippen molar-refractivity contribution in [3.05, 3.63) is 0 Å². The summed E-state index contributed by atoms with van der Waals surface area (Å²) in [5.41, 5.74) is 5.35. The van der Waals surface area contributed by atoms with Gasteiger partial charge in [0.1, 0.15) is 0 Å². The summed E-state index contributed by atoms with van der Waals surface area (Å²) in [4.78, 5) is 0. The normalized spacial score (nSPS) is 31.3. The van der Waals surface area contributed by atoms with Gasteiger partial charge in [-0.2, -0.15) is 0 Å². The fraction of sp³-hybridized carbons (Fsp3) is 1.00. The minimum absolute atomic E-state index is 0.653. The van der Waals surface area contributed by atoms with Crippen molar-refractivity contribution in [2.45, 2.75) is 6.42 Å². The van der Waals surface area contributed by atoms with Crippen LogP contribution in [0, 0.1) is 5.92 Å². The van der Waals surface area contributed by atoms with E-state index in [1.54, 1.807) is 0 Å². The summed E-state index contributed by atoms with van der Waals surface area (Å²) >= 11 is 0. The predicted molar refractivity (Wildman–Crippen MR) is 28.0 cm³/mol. The summed E-state index contributed by atoms with van der Waals surface area (Å²) in [6.45, 7) is 2.60. The van der Waals surface area contributed by atoms with Crippen LogP contribution in [0.1, 0.15) is 6.42 Å². The van der Waals surface area contributed by atoms with Crippen molar-refractivity contribution in [1.29, 1.82) is 0 Å². The highest BCUT2D eigenvalue weighted by Crippen LogP contribution is 2.08. The van der Waals surface area contributed by atoms with Gasteiger partial charge in [0, 0.05) is 6.61 Å². The van der Waals surface area contributed by atoms with Gasteiger partial charge in [-0.3, -0.25) is 0 Å². The first-order chi connectivity index (χ1) is 3.43. The van der Waals surface area contributed by atoms with Gasteiger partial charge in [-0.1, -0.05) is 0 Å². The molecule has 0 aromatic heterocycles. The number of nitrogens with two attached hydrogens (primary N) is 1. The van der Waals surface area contributed by atoms with Gasteiger partial charge in [0.25, 0.3) is 0 Å². The van der Waals surface area contributed by atoms with E-state index in [4.69, 9.17) is 10.5 Å². The van der Waals surface area contributed by atoms with E-state index in [0.29, 0.717) is 5.92 Å². The average molecular weight is 101 g/mol. The summed E-state index contributed by atoms with van der Waals surface area (Å²) in [6, 6.07) is 0. The molecule has 1 rings (SSSR count). The van der Waals surface area contributed by atoms with Gasteiger partial charge in [-0.25, -0.2) is 0 Å². The molecule has 0 radical (unpaired) electrons. The van der Waals surface area contributed by atoms with Crippen molar-refractivity contribution in [2.75, 3.05) is 19.8 Å². The van der Waals surface area contributed by atoms with Gasteiger partial charge >= 0.3 is 0 Å². The van der Waals surface area contributed by atoms with Crippen LogP contribution in [-0.4, -0.2) is 19.8 Å². The smallest absolute Gasteiger partial charge is 0.0507 e. The Morgan fingerprint density at radius 3 is 2.86 bits per heavy atom. The predicted octanol–water partition coefficient (Wildman–Crippen LogP) is -0.0184. The van der Waals surface area contributed by atoms with Gasteiger partial charge in [0.15, 0.2) is 0 Å². The molecule has 0 aromatic rings. The number of ether oxygens (including phenoxy) is 1. The van der Waals surface area contributed by atoms with E-state index in [1.807, 2.05) is 0 Å². The largest absolute Gasteiger partial charge is 0.381 e. The van der Waals surface area contributed by atoms with Crippen LogP contribution in [0.5, 0.6) is 0 Å². The maximum absolute atomic E-state index is 5.35. The molecule has 2 heteroatoms. The SMILES string of the molecule is NC[C@H]1CCOC1. The molecular formula is C5H11NO. The number of hydrogen-bond donors (Lipinski definition) is 1. The third-order valence-electron chi connectivity index (χ3n) is 1.36. The molecule has 1 atom stereocenters. The van der Waals surface area contributed by atoms with Crippen LogP contribution in [0.2, 0.25) is 0 Å². The molecule has 0 aliphatic carbocycles. The maximum Gasteiger partial charge on any atom is 0.0507 e. The Morgan fingerprint density at radius 2 is 2.57 bits per heavy atom. The minimum Gasteiger partial charge on any atom is -0.381 e. The van der Waals surface area contributed by atoms with Crippen molar-refractivity contribution in [3.8, 4) is 0 Å². The van der Waals surface area contributed by atoms with Crippen molar-refractivity contribution >= 4 is 0 Å². The lowest BCUT2D eigenvalue weighted by atomic mass is 10.1. The highest BCUT2D eigenvalue weighted by atomic mass is 16.5. The van der Waals surface area contributed by atoms with Crippen LogP contribution in [0.4, 0.5) is 0 Å². The Bertz CT molecular complexity index is 50.0. The summed E-state index contributed by atoms with van der Waals surface area (Å²) in [6.07, 6.45) is 1.16. The zero-order chi connectivity index (χ0) is 5.11. The van der Waals surface area contributed by atoms with Crippen LogP contribution >= 0.6 is 0 Å². The van der Waals surface area contributed by atoms with Gasteiger partial charge in [-0.15, -0.1) is 0 Å². The first-order valence-corrected chi connectivity index (χ1v) is 2.71. The highest BCUT2D eigenvalue weighted by Gasteiger charge is 2.12. The molecule has 0 unspecified atom stereocenters. The lowest BCUT2D eigenvalue weighted by molar-refractivity contribution is 0.187. The minimum atomic E-state index is 0.653. The lowest BCUT2D eigenvalue weighted by Crippen LogP contribution is -2.13. The maximum atomic E-state index is 5.35. The van der Waals surface area contributed by atoms with Crippen LogP contribution in [0.25, 0.3) is 0 Å². The Hall–Kier alpha value is -0.0800. The molecule has 2 nitrogen and oxygen atoms in total. The molecule has 1 heterocycles. The van der Waals surface area contributed by atoms with Crippen LogP contribution in [0.3, 0.4) is 0 Å². The van der Waals surface area contributed by atoms with E-state index in [-0.39, 0.29) is 0 Å². The third-order valence-corrected chi connectivity index (χ3v) is 1.36. The number of hydrogen-bond acceptors (Lipinski definition) is 2. The molecule has 0 aromatic carbocycles. The highest BCUT2D eigenvalue weighted by molar-refractivity contribution is 4.63. The fourth-order valence-corrected chi connectivity index (χ4v) is 0.769. The van der Waals surface area contributed by atoms with E-state index in [1.165, 1.54) is 0 Å². The zero-order valence-corrected chi connectivity index (χ0v) is 4.39. The average Bonchev–Trinajstić information content (AvgIpc) is 2.14. The molecule has 0 bridgehead atoms. The van der Waals surface area contributed by atoms with E-state index in [2.05, 4.69) is 0 Å². The molecule has 2 N–H and O–H groups in total. The molecule has 0 spiro atoms. The molecule has 7 heavy (non-hydrogen) atoms. The monoisotopic (exact) mass is 101 g/mol. The van der Waals surface area contributed by atoms with Gasteiger partial charge in [-0.05, 0) is 18.9 Å². The van der Waals surface area contributed by atoms with Gasteiger partial charge in [0.2, 0.25) is 0 Å². The van der Waals surface area contributed by atoms with Crippen molar-refractivity contribution in [1.82, 2.24) is 0 Å². The molecule has 0 saturated carbocycles. The lowest BCUT2D eigenvalue weighted by Gasteiger charge is -1.97. The quantitative estimate of drug-likeness (QED) is 0.504. The van der Waals surface area contributed by atoms with Crippen LogP contribution in [0.15, 0.2) is 0 Å². The van der Waals surface area contributed by atoms with E-state index >= 15 is 0 Å². The third kappa shape index (κ3) is 1.14. The second-order valence-corrected chi connectivity index (χ2v) is 1.97. The van der Waals surface area contributed by atoms with Crippen LogP contribution in [-0.2, 0) is 4.74 Å². The van der Waals surface area contributed by atoms with E-state index < -0.39 is 0 Å². The molecule has 1 saturated heterocycles. The standard InChI is InChI=1S/C5H11NO/c6-3-5-1-2-7-4-5/h5H,1-4,6H2/t5-/m1/s1. The molecule has 0 amide bonds. The summed E-state index contributed by atoms with van der Waals surface area (Å²) < 4.78 is 5.07. The number of rotatable bonds is 1. The fourth-order valence-electron chi connectivity index (χ4n) is 0.769. The summed E-state index contributed by atoms with van der Waals surface area (Å²) in [5, 5.41) is 0. The van der Waals surface area contributed by atoms with E-state index in [0.717, 1.165) is 26.2 Å². The van der Waals surface area contributed by atoms with E-state index in [9.17, 15) is 0 Å². The van der Waals surface area contributed by atoms with Crippen molar-refractivity contribution in [3.63, 3.8) is 0 Å². The van der Waals surface area contributed by atoms with Gasteiger partial charge in [0.05, 0.1) is 6.61 Å². The Balaban J connectivity index is 2.14. The van der Waals surface area contributed by atoms with Crippen molar-refractivity contribution in [2.24, 2.45) is 11.7 Å². The van der Waals surface area contributed by atoms with Crippen LogP contribution < -0.4 is 5.73 Å². The first-order valence-electron chi connectivity index (χ1n) is 2.71. The molecule has 1 fully saturated rings. The zero-order valence-electron chi connectivity index (χ0n) is 4.39. The second-order valence-electron chi connectivity index (χ2n) is 1.97.